The molecule has 22 fully saturated rings. The minimum atomic E-state index is 0.960. The van der Waals surface area contributed by atoms with Gasteiger partial charge in [-0.3, -0.25) is 0 Å². The van der Waals surface area contributed by atoms with Gasteiger partial charge in [-0.05, 0) is 126 Å². The minimum absolute atomic E-state index is 0.960. The fraction of sp³-hybridized carbons (Fsp3) is 1.00. The molecule has 22 rings (SSSR count). The van der Waals surface area contributed by atoms with Gasteiger partial charge in [0.25, 0.3) is 0 Å². The van der Waals surface area contributed by atoms with Crippen molar-refractivity contribution in [3.8, 4) is 0 Å². The Labute approximate surface area is 126 Å². The van der Waals surface area contributed by atoms with Crippen LogP contribution in [0.1, 0.15) is 44.9 Å². The van der Waals surface area contributed by atoms with Crippen LogP contribution in [-0.2, 0) is 0 Å². The Morgan fingerprint density at radius 1 is 0.619 bits per heavy atom. The fourth-order valence-corrected chi connectivity index (χ4v) is 15.5. The van der Waals surface area contributed by atoms with Gasteiger partial charge in [-0.15, -0.1) is 0 Å². The zero-order chi connectivity index (χ0) is 12.7. The Bertz CT molecular complexity index is 711. The molecule has 22 aliphatic rings. The van der Waals surface area contributed by atoms with E-state index in [1.54, 1.807) is 44.9 Å². The van der Waals surface area contributed by atoms with Gasteiger partial charge in [0.15, 0.2) is 0 Å². The van der Waals surface area contributed by atoms with E-state index in [0.717, 1.165) is 21.7 Å². The average Bonchev–Trinajstić information content (AvgIpc) is 2.42. The van der Waals surface area contributed by atoms with Gasteiger partial charge in [0.05, 0.1) is 0 Å². The lowest BCUT2D eigenvalue weighted by Gasteiger charge is -3.07. The van der Waals surface area contributed by atoms with Crippen LogP contribution < -0.4 is 0 Å². The third kappa shape index (κ3) is 0.450. The van der Waals surface area contributed by atoms with Crippen LogP contribution in [0.5, 0.6) is 0 Å². The van der Waals surface area contributed by atoms with Gasteiger partial charge in [0.2, 0.25) is 0 Å². The van der Waals surface area contributed by atoms with Crippen LogP contribution in [0.4, 0.5) is 0 Å². The molecule has 21 heavy (non-hydrogen) atoms. The van der Waals surface area contributed by atoms with Crippen molar-refractivity contribution in [2.45, 2.75) is 44.9 Å². The molecule has 0 aromatic rings. The molecule has 14 unspecified atom stereocenters. The highest BCUT2D eigenvalue weighted by molar-refractivity contribution is 5.51. The third-order valence-electron chi connectivity index (χ3n) is 13.3. The highest BCUT2D eigenvalue weighted by Crippen LogP contribution is 3.09. The zero-order valence-corrected chi connectivity index (χ0v) is 12.7. The van der Waals surface area contributed by atoms with E-state index in [2.05, 4.69) is 0 Å². The van der Waals surface area contributed by atoms with Gasteiger partial charge >= 0.3 is 0 Å². The molecular formula is C21H24. The first-order valence-electron chi connectivity index (χ1n) is 10.3. The van der Waals surface area contributed by atoms with Gasteiger partial charge in [-0.2, -0.15) is 0 Å². The van der Waals surface area contributed by atoms with E-state index < -0.39 is 0 Å². The van der Waals surface area contributed by atoms with Crippen LogP contribution in [-0.4, -0.2) is 0 Å². The second kappa shape index (κ2) is 1.94. The Kier molecular flexibility index (Phi) is 0.862. The minimum Gasteiger partial charge on any atom is -0.0470 e. The highest BCUT2D eigenvalue weighted by Gasteiger charge is 3.04. The Morgan fingerprint density at radius 2 is 1.38 bits per heavy atom. The highest BCUT2D eigenvalue weighted by atomic mass is 15.1. The lowest BCUT2D eigenvalue weighted by molar-refractivity contribution is -0.605. The summed E-state index contributed by atoms with van der Waals surface area (Å²) in [5, 5.41) is 0. The summed E-state index contributed by atoms with van der Waals surface area (Å²) in [4.78, 5) is 0. The lowest BCUT2D eigenvalue weighted by Crippen LogP contribution is -3.03. The molecule has 0 aromatic heterocycles. The van der Waals surface area contributed by atoms with Gasteiger partial charge in [-0.1, -0.05) is 0 Å². The number of rotatable bonds is 0. The Morgan fingerprint density at radius 3 is 2.29 bits per heavy atom. The molecule has 22 saturated carbocycles. The summed E-state index contributed by atoms with van der Waals surface area (Å²) < 4.78 is 0. The SMILES string of the molecule is C1C2CC34CC5CC67CC8CC9C6C6C3C1C9C(C2)(C47)C856. The maximum Gasteiger partial charge on any atom is -0.0143 e. The molecule has 0 amide bonds. The first-order valence-corrected chi connectivity index (χ1v) is 10.3. The van der Waals surface area contributed by atoms with Crippen molar-refractivity contribution in [3.63, 3.8) is 0 Å². The number of hydrogen-bond donors (Lipinski definition) is 0. The molecule has 0 saturated heterocycles. The van der Waals surface area contributed by atoms with Gasteiger partial charge in [-0.25, -0.2) is 0 Å². The molecule has 0 N–H and O–H groups in total. The predicted octanol–water partition coefficient (Wildman–Crippen LogP) is 3.96. The maximum atomic E-state index is 1.77. The van der Waals surface area contributed by atoms with Gasteiger partial charge < -0.3 is 0 Å². The molecule has 0 nitrogen and oxygen atoms in total. The van der Waals surface area contributed by atoms with Crippen molar-refractivity contribution in [1.82, 2.24) is 0 Å². The van der Waals surface area contributed by atoms with Gasteiger partial charge in [0, 0.05) is 0 Å². The van der Waals surface area contributed by atoms with E-state index in [0.29, 0.717) is 0 Å². The van der Waals surface area contributed by atoms with Crippen LogP contribution in [0, 0.1) is 80.8 Å². The largest absolute Gasteiger partial charge is 0.0470 e. The molecule has 22 aliphatic carbocycles. The van der Waals surface area contributed by atoms with Crippen molar-refractivity contribution in [3.05, 3.63) is 0 Å². The Hall–Kier alpha value is 0. The van der Waals surface area contributed by atoms with Crippen LogP contribution in [0.25, 0.3) is 0 Å². The monoisotopic (exact) mass is 276 g/mol. The van der Waals surface area contributed by atoms with Crippen LogP contribution in [0.3, 0.4) is 0 Å². The number of hydrogen-bond acceptors (Lipinski definition) is 0. The van der Waals surface area contributed by atoms with E-state index in [-0.39, 0.29) is 0 Å². The summed E-state index contributed by atoms with van der Waals surface area (Å²) in [5.74, 6) is 12.7. The summed E-state index contributed by atoms with van der Waals surface area (Å²) >= 11 is 0. The van der Waals surface area contributed by atoms with E-state index >= 15 is 0 Å². The van der Waals surface area contributed by atoms with E-state index in [1.165, 1.54) is 59.2 Å². The van der Waals surface area contributed by atoms with Crippen molar-refractivity contribution in [2.75, 3.05) is 0 Å². The summed E-state index contributed by atoms with van der Waals surface area (Å²) in [7, 11) is 0. The molecular weight excluding hydrogens is 252 g/mol. The molecule has 108 valence electrons. The first kappa shape index (κ1) is 9.33. The van der Waals surface area contributed by atoms with Crippen molar-refractivity contribution >= 4 is 0 Å². The zero-order valence-electron chi connectivity index (χ0n) is 12.7. The van der Waals surface area contributed by atoms with E-state index in [9.17, 15) is 0 Å². The Balaban J connectivity index is 1.53. The quantitative estimate of drug-likeness (QED) is 0.628. The average molecular weight is 276 g/mol. The molecule has 14 atom stereocenters. The molecule has 0 heteroatoms. The summed E-state index contributed by atoms with van der Waals surface area (Å²) in [6.45, 7) is 0. The second-order valence-corrected chi connectivity index (χ2v) is 12.1. The predicted molar refractivity (Wildman–Crippen MR) is 77.0 cm³/mol. The van der Waals surface area contributed by atoms with Crippen molar-refractivity contribution in [1.29, 1.82) is 0 Å². The normalized spacial score (nSPS) is 96.0. The lowest BCUT2D eigenvalue weighted by atomic mass is 8.96. The standard InChI is InChI=1S/C21H24/c1-8-3-18-6-10-7-19-5-9-2-12-13-11(1)14(18)16(15(12)19)21(9,10)20(13,4-8)17(18)19/h8-17H,1-7H2. The van der Waals surface area contributed by atoms with Crippen molar-refractivity contribution < 1.29 is 0 Å². The maximum absolute atomic E-state index is 1.77. The third-order valence-corrected chi connectivity index (χ3v) is 13.3. The summed E-state index contributed by atoms with van der Waals surface area (Å²) in [6, 6.07) is 0. The van der Waals surface area contributed by atoms with Crippen LogP contribution >= 0.6 is 0 Å². The molecule has 0 aromatic carbocycles. The first-order chi connectivity index (χ1) is 10.3. The summed E-state index contributed by atoms with van der Waals surface area (Å²) in [5.41, 5.74) is 3.88. The smallest absolute Gasteiger partial charge is 0.0143 e. The fourth-order valence-electron chi connectivity index (χ4n) is 15.5. The van der Waals surface area contributed by atoms with Crippen molar-refractivity contribution in [2.24, 2.45) is 80.8 Å². The molecule has 0 heterocycles. The van der Waals surface area contributed by atoms with E-state index in [4.69, 9.17) is 0 Å². The molecule has 4 spiro atoms. The molecule has 14 bridgehead atoms. The molecule has 0 radical (unpaired) electrons. The van der Waals surface area contributed by atoms with Crippen LogP contribution in [0.2, 0.25) is 0 Å². The van der Waals surface area contributed by atoms with E-state index in [1.807, 2.05) is 0 Å². The summed E-state index contributed by atoms with van der Waals surface area (Å²) in [6.07, 6.45) is 12.2. The second-order valence-electron chi connectivity index (χ2n) is 12.1. The molecule has 0 aliphatic heterocycles. The topological polar surface area (TPSA) is 0 Å². The van der Waals surface area contributed by atoms with Crippen LogP contribution in [0.15, 0.2) is 0 Å². The van der Waals surface area contributed by atoms with Gasteiger partial charge in [0.1, 0.15) is 0 Å².